The lowest BCUT2D eigenvalue weighted by Crippen LogP contribution is -2.46. The van der Waals surface area contributed by atoms with E-state index in [0.29, 0.717) is 6.54 Å². The number of likely N-dealkylation sites (tertiary alicyclic amines) is 1. The van der Waals surface area contributed by atoms with Gasteiger partial charge in [0.2, 0.25) is 11.8 Å². The van der Waals surface area contributed by atoms with Gasteiger partial charge in [-0.2, -0.15) is 0 Å². The minimum Gasteiger partial charge on any atom is -0.331 e. The van der Waals surface area contributed by atoms with Gasteiger partial charge in [0, 0.05) is 18.7 Å². The van der Waals surface area contributed by atoms with E-state index in [2.05, 4.69) is 5.32 Å². The zero-order valence-corrected chi connectivity index (χ0v) is 13.3. The third-order valence-electron chi connectivity index (χ3n) is 4.17. The number of carbonyl (C=O) groups is 2. The molecule has 0 saturated carbocycles. The second-order valence-electron chi connectivity index (χ2n) is 5.75. The highest BCUT2D eigenvalue weighted by molar-refractivity contribution is 5.89. The maximum Gasteiger partial charge on any atom is 0.246 e. The van der Waals surface area contributed by atoms with Crippen molar-refractivity contribution in [3.63, 3.8) is 0 Å². The predicted octanol–water partition coefficient (Wildman–Crippen LogP) is 2.81. The van der Waals surface area contributed by atoms with Crippen molar-refractivity contribution in [2.45, 2.75) is 39.2 Å². The summed E-state index contributed by atoms with van der Waals surface area (Å²) in [7, 11) is 0. The Morgan fingerprint density at radius 2 is 2.09 bits per heavy atom. The maximum atomic E-state index is 12.3. The van der Waals surface area contributed by atoms with Gasteiger partial charge in [0.15, 0.2) is 0 Å². The average Bonchev–Trinajstić information content (AvgIpc) is 3.04. The molecule has 0 radical (unpaired) electrons. The number of nitrogens with zero attached hydrogens (tertiary/aromatic N) is 1. The monoisotopic (exact) mass is 300 g/mol. The Bertz CT molecular complexity index is 539. The van der Waals surface area contributed by atoms with Crippen molar-refractivity contribution >= 4 is 17.9 Å². The van der Waals surface area contributed by atoms with Crippen LogP contribution in [0.2, 0.25) is 0 Å². The van der Waals surface area contributed by atoms with Gasteiger partial charge in [-0.25, -0.2) is 0 Å². The molecule has 2 amide bonds. The highest BCUT2D eigenvalue weighted by atomic mass is 16.2. The zero-order valence-electron chi connectivity index (χ0n) is 13.3. The first-order chi connectivity index (χ1) is 10.6. The fourth-order valence-corrected chi connectivity index (χ4v) is 2.64. The van der Waals surface area contributed by atoms with E-state index in [1.807, 2.05) is 50.3 Å². The Labute approximate surface area is 132 Å². The van der Waals surface area contributed by atoms with E-state index in [-0.39, 0.29) is 23.8 Å². The molecule has 2 atom stereocenters. The quantitative estimate of drug-likeness (QED) is 0.909. The molecule has 1 aliphatic rings. The molecule has 118 valence electrons. The Morgan fingerprint density at radius 1 is 1.36 bits per heavy atom. The lowest BCUT2D eigenvalue weighted by molar-refractivity contribution is -0.140. The second-order valence-corrected chi connectivity index (χ2v) is 5.75. The molecule has 2 rings (SSSR count). The van der Waals surface area contributed by atoms with E-state index in [4.69, 9.17) is 0 Å². The van der Waals surface area contributed by atoms with Crippen LogP contribution in [-0.4, -0.2) is 29.3 Å². The van der Waals surface area contributed by atoms with Crippen LogP contribution in [-0.2, 0) is 9.59 Å². The van der Waals surface area contributed by atoms with Crippen molar-refractivity contribution in [3.05, 3.63) is 42.1 Å². The van der Waals surface area contributed by atoms with E-state index in [1.165, 1.54) is 0 Å². The van der Waals surface area contributed by atoms with Gasteiger partial charge in [0.1, 0.15) is 6.04 Å². The van der Waals surface area contributed by atoms with Crippen molar-refractivity contribution in [2.75, 3.05) is 6.54 Å². The topological polar surface area (TPSA) is 49.4 Å². The van der Waals surface area contributed by atoms with Crippen LogP contribution < -0.4 is 5.32 Å². The van der Waals surface area contributed by atoms with E-state index in [1.54, 1.807) is 11.1 Å². The molecule has 0 bridgehead atoms. The van der Waals surface area contributed by atoms with Crippen LogP contribution in [0.3, 0.4) is 0 Å². The van der Waals surface area contributed by atoms with Crippen LogP contribution in [0, 0.1) is 5.92 Å². The fourth-order valence-electron chi connectivity index (χ4n) is 2.64. The highest BCUT2D eigenvalue weighted by Gasteiger charge is 2.34. The van der Waals surface area contributed by atoms with E-state index in [9.17, 15) is 9.59 Å². The van der Waals surface area contributed by atoms with Crippen molar-refractivity contribution < 1.29 is 9.59 Å². The van der Waals surface area contributed by atoms with Crippen LogP contribution in [0.25, 0.3) is 6.08 Å². The molecule has 0 aliphatic carbocycles. The lowest BCUT2D eigenvalue weighted by Gasteiger charge is -2.26. The molecule has 1 heterocycles. The number of carbonyl (C=O) groups excluding carboxylic acids is 2. The van der Waals surface area contributed by atoms with Crippen LogP contribution in [0.4, 0.5) is 0 Å². The molecular weight excluding hydrogens is 276 g/mol. The van der Waals surface area contributed by atoms with E-state index < -0.39 is 0 Å². The van der Waals surface area contributed by atoms with Crippen molar-refractivity contribution in [1.82, 2.24) is 10.2 Å². The molecule has 1 aliphatic heterocycles. The molecule has 0 aromatic heterocycles. The van der Waals surface area contributed by atoms with Gasteiger partial charge in [-0.1, -0.05) is 44.2 Å². The normalized spacial score (nSPS) is 19.4. The minimum atomic E-state index is -0.332. The molecule has 1 N–H and O–H groups in total. The first-order valence-electron chi connectivity index (χ1n) is 7.96. The largest absolute Gasteiger partial charge is 0.331 e. The Balaban J connectivity index is 1.94. The van der Waals surface area contributed by atoms with Crippen LogP contribution in [0.5, 0.6) is 0 Å². The number of amides is 2. The summed E-state index contributed by atoms with van der Waals surface area (Å²) in [6.45, 7) is 4.60. The predicted molar refractivity (Wildman–Crippen MR) is 87.8 cm³/mol. The van der Waals surface area contributed by atoms with Gasteiger partial charge in [-0.05, 0) is 30.9 Å². The van der Waals surface area contributed by atoms with Gasteiger partial charge in [-0.15, -0.1) is 0 Å². The first-order valence-corrected chi connectivity index (χ1v) is 7.96. The third kappa shape index (κ3) is 3.97. The molecular formula is C18H24N2O2. The highest BCUT2D eigenvalue weighted by Crippen LogP contribution is 2.21. The van der Waals surface area contributed by atoms with E-state index >= 15 is 0 Å². The van der Waals surface area contributed by atoms with Crippen LogP contribution >= 0.6 is 0 Å². The fraction of sp³-hybridized carbons (Fsp3) is 0.444. The summed E-state index contributed by atoms with van der Waals surface area (Å²) in [6, 6.07) is 9.46. The maximum absolute atomic E-state index is 12.3. The molecule has 4 nitrogen and oxygen atoms in total. The number of nitrogens with one attached hydrogen (secondary N) is 1. The van der Waals surface area contributed by atoms with Crippen molar-refractivity contribution in [3.8, 4) is 0 Å². The summed E-state index contributed by atoms with van der Waals surface area (Å²) in [5, 5.41) is 2.80. The summed E-state index contributed by atoms with van der Waals surface area (Å²) < 4.78 is 0. The lowest BCUT2D eigenvalue weighted by atomic mass is 10.1. The van der Waals surface area contributed by atoms with Crippen molar-refractivity contribution in [2.24, 2.45) is 5.92 Å². The van der Waals surface area contributed by atoms with E-state index in [0.717, 1.165) is 24.8 Å². The summed E-state index contributed by atoms with van der Waals surface area (Å²) >= 11 is 0. The molecule has 2 unspecified atom stereocenters. The number of benzene rings is 1. The standard InChI is InChI=1S/C18H24N2O2/c1-3-14(2)18(22)20-13-7-10-16(20)17(21)19-12-11-15-8-5-4-6-9-15/h4-6,8-9,11-12,14,16H,3,7,10,13H2,1-2H3,(H,19,21)/b12-11+. The second kappa shape index (κ2) is 7.78. The summed E-state index contributed by atoms with van der Waals surface area (Å²) in [5.41, 5.74) is 1.03. The molecule has 0 spiro atoms. The Kier molecular flexibility index (Phi) is 5.75. The molecule has 22 heavy (non-hydrogen) atoms. The summed E-state index contributed by atoms with van der Waals surface area (Å²) in [6.07, 6.45) is 5.95. The molecule has 1 aromatic rings. The van der Waals surface area contributed by atoms with Gasteiger partial charge < -0.3 is 10.2 Å². The number of hydrogen-bond acceptors (Lipinski definition) is 2. The Morgan fingerprint density at radius 3 is 2.77 bits per heavy atom. The number of hydrogen-bond donors (Lipinski definition) is 1. The van der Waals surface area contributed by atoms with Gasteiger partial charge in [0.25, 0.3) is 0 Å². The number of rotatable bonds is 5. The third-order valence-corrected chi connectivity index (χ3v) is 4.17. The molecule has 1 fully saturated rings. The van der Waals surface area contributed by atoms with Gasteiger partial charge in [-0.3, -0.25) is 9.59 Å². The van der Waals surface area contributed by atoms with Crippen molar-refractivity contribution in [1.29, 1.82) is 0 Å². The first kappa shape index (κ1) is 16.3. The average molecular weight is 300 g/mol. The Hall–Kier alpha value is -2.10. The van der Waals surface area contributed by atoms with Crippen LogP contribution in [0.1, 0.15) is 38.7 Å². The van der Waals surface area contributed by atoms with Crippen LogP contribution in [0.15, 0.2) is 36.5 Å². The smallest absolute Gasteiger partial charge is 0.246 e. The molecule has 4 heteroatoms. The molecule has 1 aromatic carbocycles. The zero-order chi connectivity index (χ0) is 15.9. The SMILES string of the molecule is CCC(C)C(=O)N1CCCC1C(=O)N/C=C/c1ccccc1. The van der Waals surface area contributed by atoms with Gasteiger partial charge >= 0.3 is 0 Å². The molecule has 1 saturated heterocycles. The minimum absolute atomic E-state index is 0.0201. The summed E-state index contributed by atoms with van der Waals surface area (Å²) in [5.74, 6) is -0.0261. The summed E-state index contributed by atoms with van der Waals surface area (Å²) in [4.78, 5) is 26.4. The van der Waals surface area contributed by atoms with Gasteiger partial charge in [0.05, 0.1) is 0 Å².